The lowest BCUT2D eigenvalue weighted by molar-refractivity contribution is 0.0953. The normalized spacial score (nSPS) is 10.3. The molecule has 1 aromatic heterocycles. The van der Waals surface area contributed by atoms with Crippen LogP contribution in [0.15, 0.2) is 72.9 Å². The first-order chi connectivity index (χ1) is 13.2. The summed E-state index contributed by atoms with van der Waals surface area (Å²) in [6.07, 6.45) is 3.47. The highest BCUT2D eigenvalue weighted by molar-refractivity contribution is 5.94. The zero-order chi connectivity index (χ0) is 18.9. The summed E-state index contributed by atoms with van der Waals surface area (Å²) in [6, 6.07) is 21.3. The summed E-state index contributed by atoms with van der Waals surface area (Å²) in [6.45, 7) is 0.634. The molecular weight excluding hydrogens is 338 g/mol. The minimum atomic E-state index is -0.0980. The van der Waals surface area contributed by atoms with Crippen molar-refractivity contribution in [3.05, 3.63) is 84.1 Å². The van der Waals surface area contributed by atoms with Gasteiger partial charge < -0.3 is 15.4 Å². The maximum Gasteiger partial charge on any atom is 0.251 e. The van der Waals surface area contributed by atoms with Crippen LogP contribution in [0.2, 0.25) is 0 Å². The van der Waals surface area contributed by atoms with E-state index in [2.05, 4.69) is 27.8 Å². The average Bonchev–Trinajstić information content (AvgIpc) is 2.72. The van der Waals surface area contributed by atoms with E-state index < -0.39 is 0 Å². The number of hydrogen-bond acceptors (Lipinski definition) is 4. The molecule has 5 nitrogen and oxygen atoms in total. The molecule has 0 saturated carbocycles. The highest BCUT2D eigenvalue weighted by Crippen LogP contribution is 2.20. The zero-order valence-corrected chi connectivity index (χ0v) is 15.3. The van der Waals surface area contributed by atoms with Gasteiger partial charge in [-0.3, -0.25) is 4.79 Å². The summed E-state index contributed by atoms with van der Waals surface area (Å²) in [5, 5.41) is 6.16. The number of pyridine rings is 1. The van der Waals surface area contributed by atoms with Gasteiger partial charge in [-0.1, -0.05) is 36.4 Å². The number of benzene rings is 2. The molecule has 1 amide bonds. The van der Waals surface area contributed by atoms with Crippen LogP contribution in [0.4, 0.5) is 11.5 Å². The van der Waals surface area contributed by atoms with Crippen molar-refractivity contribution < 1.29 is 9.53 Å². The zero-order valence-electron chi connectivity index (χ0n) is 15.3. The summed E-state index contributed by atoms with van der Waals surface area (Å²) in [7, 11) is 1.63. The van der Waals surface area contributed by atoms with Gasteiger partial charge in [0.05, 0.1) is 7.11 Å². The molecule has 0 unspecified atom stereocenters. The number of methoxy groups -OCH3 is 1. The van der Waals surface area contributed by atoms with Crippen LogP contribution in [0.3, 0.4) is 0 Å². The van der Waals surface area contributed by atoms with Crippen molar-refractivity contribution >= 4 is 17.4 Å². The predicted molar refractivity (Wildman–Crippen MR) is 108 cm³/mol. The summed E-state index contributed by atoms with van der Waals surface area (Å²) >= 11 is 0. The summed E-state index contributed by atoms with van der Waals surface area (Å²) < 4.78 is 5.22. The third kappa shape index (κ3) is 5.57. The van der Waals surface area contributed by atoms with Crippen LogP contribution in [0, 0.1) is 0 Å². The Balaban J connectivity index is 1.53. The van der Waals surface area contributed by atoms with E-state index in [-0.39, 0.29) is 5.91 Å². The van der Waals surface area contributed by atoms with Gasteiger partial charge >= 0.3 is 0 Å². The molecule has 1 heterocycles. The molecule has 138 valence electrons. The van der Waals surface area contributed by atoms with E-state index in [0.29, 0.717) is 17.9 Å². The summed E-state index contributed by atoms with van der Waals surface area (Å²) in [5.74, 6) is 1.27. The molecule has 2 aromatic carbocycles. The Labute approximate surface area is 159 Å². The number of carbonyl (C=O) groups is 1. The van der Waals surface area contributed by atoms with Crippen molar-refractivity contribution in [2.45, 2.75) is 12.8 Å². The molecule has 0 spiro atoms. The number of aromatic nitrogens is 1. The van der Waals surface area contributed by atoms with E-state index in [1.165, 1.54) is 5.56 Å². The highest BCUT2D eigenvalue weighted by Gasteiger charge is 2.07. The van der Waals surface area contributed by atoms with E-state index in [9.17, 15) is 4.79 Å². The van der Waals surface area contributed by atoms with Crippen LogP contribution in [0.25, 0.3) is 0 Å². The van der Waals surface area contributed by atoms with Gasteiger partial charge in [-0.15, -0.1) is 0 Å². The second-order valence-electron chi connectivity index (χ2n) is 6.13. The number of carbonyl (C=O) groups excluding carboxylic acids is 1. The van der Waals surface area contributed by atoms with Gasteiger partial charge in [0.1, 0.15) is 11.6 Å². The van der Waals surface area contributed by atoms with Crippen LogP contribution in [-0.4, -0.2) is 24.5 Å². The lowest BCUT2D eigenvalue weighted by atomic mass is 10.1. The Morgan fingerprint density at radius 2 is 1.89 bits per heavy atom. The second-order valence-corrected chi connectivity index (χ2v) is 6.13. The second kappa shape index (κ2) is 9.38. The SMILES string of the molecule is COc1cccc(Nc2cc(C(=O)NCCCc3ccccc3)ccn2)c1. The topological polar surface area (TPSA) is 63.2 Å². The molecule has 0 aliphatic heterocycles. The van der Waals surface area contributed by atoms with Crippen molar-refractivity contribution in [1.29, 1.82) is 0 Å². The van der Waals surface area contributed by atoms with E-state index in [0.717, 1.165) is 24.3 Å². The first-order valence-electron chi connectivity index (χ1n) is 8.94. The van der Waals surface area contributed by atoms with Gasteiger partial charge in [0.15, 0.2) is 0 Å². The van der Waals surface area contributed by atoms with Gasteiger partial charge in [0.2, 0.25) is 0 Å². The molecular formula is C22H23N3O2. The molecule has 2 N–H and O–H groups in total. The lowest BCUT2D eigenvalue weighted by Crippen LogP contribution is -2.24. The van der Waals surface area contributed by atoms with Gasteiger partial charge in [-0.25, -0.2) is 4.98 Å². The standard InChI is InChI=1S/C22H23N3O2/c1-27-20-11-5-10-19(16-20)25-21-15-18(12-14-23-21)22(26)24-13-6-9-17-7-3-2-4-8-17/h2-5,7-8,10-12,14-16H,6,9,13H2,1H3,(H,23,25)(H,24,26). The maximum absolute atomic E-state index is 12.4. The van der Waals surface area contributed by atoms with Gasteiger partial charge in [-0.05, 0) is 42.7 Å². The number of hydrogen-bond donors (Lipinski definition) is 2. The fraction of sp³-hybridized carbons (Fsp3) is 0.182. The van der Waals surface area contributed by atoms with E-state index in [4.69, 9.17) is 4.74 Å². The van der Waals surface area contributed by atoms with Crippen molar-refractivity contribution in [3.8, 4) is 5.75 Å². The third-order valence-electron chi connectivity index (χ3n) is 4.13. The van der Waals surface area contributed by atoms with Crippen LogP contribution >= 0.6 is 0 Å². The number of amides is 1. The number of ether oxygens (including phenoxy) is 1. The summed E-state index contributed by atoms with van der Waals surface area (Å²) in [4.78, 5) is 16.7. The molecule has 0 radical (unpaired) electrons. The van der Waals surface area contributed by atoms with Crippen molar-refractivity contribution in [1.82, 2.24) is 10.3 Å². The number of anilines is 2. The van der Waals surface area contributed by atoms with Gasteiger partial charge in [-0.2, -0.15) is 0 Å². The molecule has 0 saturated heterocycles. The predicted octanol–water partition coefficient (Wildman–Crippen LogP) is 4.20. The van der Waals surface area contributed by atoms with Crippen LogP contribution in [0.1, 0.15) is 22.3 Å². The van der Waals surface area contributed by atoms with Crippen molar-refractivity contribution in [3.63, 3.8) is 0 Å². The molecule has 0 atom stereocenters. The largest absolute Gasteiger partial charge is 0.497 e. The van der Waals surface area contributed by atoms with Crippen LogP contribution < -0.4 is 15.4 Å². The monoisotopic (exact) mass is 361 g/mol. The number of aryl methyl sites for hydroxylation is 1. The van der Waals surface area contributed by atoms with E-state index in [1.54, 1.807) is 25.4 Å². The smallest absolute Gasteiger partial charge is 0.251 e. The minimum absolute atomic E-state index is 0.0980. The Kier molecular flexibility index (Phi) is 6.41. The summed E-state index contributed by atoms with van der Waals surface area (Å²) in [5.41, 5.74) is 2.71. The quantitative estimate of drug-likeness (QED) is 0.590. The molecule has 0 bridgehead atoms. The van der Waals surface area contributed by atoms with Gasteiger partial charge in [0, 0.05) is 30.1 Å². The maximum atomic E-state index is 12.4. The molecule has 0 aliphatic carbocycles. The Bertz CT molecular complexity index is 881. The molecule has 3 aromatic rings. The van der Waals surface area contributed by atoms with Crippen LogP contribution in [0.5, 0.6) is 5.75 Å². The number of nitrogens with one attached hydrogen (secondary N) is 2. The first kappa shape index (κ1) is 18.5. The first-order valence-corrected chi connectivity index (χ1v) is 8.94. The molecule has 0 fully saturated rings. The molecule has 3 rings (SSSR count). The fourth-order valence-electron chi connectivity index (χ4n) is 2.73. The lowest BCUT2D eigenvalue weighted by Gasteiger charge is -2.09. The highest BCUT2D eigenvalue weighted by atomic mass is 16.5. The Morgan fingerprint density at radius 1 is 1.04 bits per heavy atom. The molecule has 27 heavy (non-hydrogen) atoms. The number of rotatable bonds is 8. The van der Waals surface area contributed by atoms with Crippen molar-refractivity contribution in [2.24, 2.45) is 0 Å². The Morgan fingerprint density at radius 3 is 2.70 bits per heavy atom. The minimum Gasteiger partial charge on any atom is -0.497 e. The number of nitrogens with zero attached hydrogens (tertiary/aromatic N) is 1. The average molecular weight is 361 g/mol. The Hall–Kier alpha value is -3.34. The third-order valence-corrected chi connectivity index (χ3v) is 4.13. The van der Waals surface area contributed by atoms with E-state index in [1.807, 2.05) is 42.5 Å². The van der Waals surface area contributed by atoms with Crippen LogP contribution in [-0.2, 0) is 6.42 Å². The fourth-order valence-corrected chi connectivity index (χ4v) is 2.73. The van der Waals surface area contributed by atoms with E-state index >= 15 is 0 Å². The molecule has 5 heteroatoms. The van der Waals surface area contributed by atoms with Crippen molar-refractivity contribution in [2.75, 3.05) is 19.0 Å². The van der Waals surface area contributed by atoms with Gasteiger partial charge in [0.25, 0.3) is 5.91 Å². The molecule has 0 aliphatic rings.